The molecule has 8 nitrogen and oxygen atoms in total. The van der Waals surface area contributed by atoms with Gasteiger partial charge in [-0.1, -0.05) is 12.1 Å². The first kappa shape index (κ1) is 23.3. The molecular formula is C24H23FN6O2S. The smallest absolute Gasteiger partial charge is 0.265 e. The van der Waals surface area contributed by atoms with Crippen molar-refractivity contribution in [1.82, 2.24) is 19.7 Å². The van der Waals surface area contributed by atoms with Crippen LogP contribution in [0, 0.1) is 12.7 Å². The summed E-state index contributed by atoms with van der Waals surface area (Å²) in [6.07, 6.45) is 2.69. The number of halogens is 1. The van der Waals surface area contributed by atoms with Crippen LogP contribution in [0.4, 0.5) is 15.8 Å². The first-order chi connectivity index (χ1) is 16.3. The molecule has 0 aliphatic heterocycles. The first-order valence-corrected chi connectivity index (χ1v) is 11.2. The Morgan fingerprint density at radius 2 is 1.76 bits per heavy atom. The molecule has 0 bridgehead atoms. The van der Waals surface area contributed by atoms with Crippen LogP contribution in [0.1, 0.15) is 30.5 Å². The van der Waals surface area contributed by atoms with Crippen LogP contribution in [0.15, 0.2) is 61.2 Å². The number of anilines is 2. The van der Waals surface area contributed by atoms with Gasteiger partial charge in [-0.2, -0.15) is 5.10 Å². The highest BCUT2D eigenvalue weighted by molar-refractivity contribution is 7.16. The van der Waals surface area contributed by atoms with Crippen molar-refractivity contribution < 1.29 is 14.0 Å². The van der Waals surface area contributed by atoms with Crippen molar-refractivity contribution in [2.75, 3.05) is 24.7 Å². The summed E-state index contributed by atoms with van der Waals surface area (Å²) < 4.78 is 15.7. The fraction of sp³-hybridized carbons (Fsp3) is 0.167. The van der Waals surface area contributed by atoms with Gasteiger partial charge < -0.3 is 15.5 Å². The third-order valence-corrected chi connectivity index (χ3v) is 6.05. The molecule has 0 aliphatic carbocycles. The highest BCUT2D eigenvalue weighted by Crippen LogP contribution is 2.23. The number of hydrogen-bond acceptors (Lipinski definition) is 6. The summed E-state index contributed by atoms with van der Waals surface area (Å²) >= 11 is 1.06. The molecule has 0 unspecified atom stereocenters. The number of carbonyl (C=O) groups excluding carboxylic acids is 2. The summed E-state index contributed by atoms with van der Waals surface area (Å²) in [5.41, 5.74) is 3.34. The van der Waals surface area contributed by atoms with Gasteiger partial charge in [-0.05, 0) is 68.5 Å². The first-order valence-electron chi connectivity index (χ1n) is 10.4. The zero-order chi connectivity index (χ0) is 24.2. The van der Waals surface area contributed by atoms with Gasteiger partial charge in [0.2, 0.25) is 0 Å². The number of aromatic nitrogens is 3. The molecule has 0 radical (unpaired) electrons. The van der Waals surface area contributed by atoms with E-state index in [9.17, 15) is 14.0 Å². The van der Waals surface area contributed by atoms with E-state index in [0.717, 1.165) is 34.7 Å². The maximum absolute atomic E-state index is 14.4. The lowest BCUT2D eigenvalue weighted by molar-refractivity contribution is 0.102. The third kappa shape index (κ3) is 5.36. The maximum atomic E-state index is 14.4. The number of hydrogen-bond donors (Lipinski definition) is 2. The topological polar surface area (TPSA) is 92.2 Å². The second-order valence-corrected chi connectivity index (χ2v) is 9.05. The molecule has 0 atom stereocenters. The van der Waals surface area contributed by atoms with Crippen molar-refractivity contribution in [2.24, 2.45) is 0 Å². The fourth-order valence-electron chi connectivity index (χ4n) is 3.39. The molecule has 2 N–H and O–H groups in total. The Kier molecular flexibility index (Phi) is 6.80. The minimum Gasteiger partial charge on any atom is -0.321 e. The second kappa shape index (κ2) is 9.94. The Morgan fingerprint density at radius 3 is 2.38 bits per heavy atom. The molecule has 2 amide bonds. The van der Waals surface area contributed by atoms with Crippen LogP contribution in [0.2, 0.25) is 0 Å². The summed E-state index contributed by atoms with van der Waals surface area (Å²) in [6, 6.07) is 13.3. The largest absolute Gasteiger partial charge is 0.321 e. The number of nitrogens with zero attached hydrogens (tertiary/aromatic N) is 4. The minimum absolute atomic E-state index is 0.218. The SMILES string of the molecule is Cc1cc(CN(C)C)ccc1NC(=O)c1ccc(C(=O)Nc2ccc(-n3cncn3)c(F)c2)s1. The van der Waals surface area contributed by atoms with E-state index in [1.807, 2.05) is 39.2 Å². The highest BCUT2D eigenvalue weighted by atomic mass is 32.1. The van der Waals surface area contributed by atoms with Crippen molar-refractivity contribution in [3.8, 4) is 5.69 Å². The number of rotatable bonds is 7. The average Bonchev–Trinajstić information content (AvgIpc) is 3.48. The van der Waals surface area contributed by atoms with Gasteiger partial charge in [0.1, 0.15) is 18.3 Å². The number of benzene rings is 2. The lowest BCUT2D eigenvalue weighted by Crippen LogP contribution is -2.13. The molecule has 0 spiro atoms. The Hall–Kier alpha value is -3.89. The molecule has 2 heterocycles. The second-order valence-electron chi connectivity index (χ2n) is 7.97. The third-order valence-electron chi connectivity index (χ3n) is 4.96. The summed E-state index contributed by atoms with van der Waals surface area (Å²) in [5.74, 6) is -1.28. The van der Waals surface area contributed by atoms with Gasteiger partial charge in [0.15, 0.2) is 5.82 Å². The minimum atomic E-state index is -0.554. The molecule has 4 aromatic rings. The Morgan fingerprint density at radius 1 is 1.03 bits per heavy atom. The molecule has 34 heavy (non-hydrogen) atoms. The predicted octanol–water partition coefficient (Wildman–Crippen LogP) is 4.34. The van der Waals surface area contributed by atoms with Gasteiger partial charge in [0.25, 0.3) is 11.8 Å². The fourth-order valence-corrected chi connectivity index (χ4v) is 4.19. The monoisotopic (exact) mass is 478 g/mol. The van der Waals surface area contributed by atoms with Gasteiger partial charge in [-0.15, -0.1) is 11.3 Å². The number of carbonyl (C=O) groups is 2. The van der Waals surface area contributed by atoms with Crippen LogP contribution < -0.4 is 10.6 Å². The van der Waals surface area contributed by atoms with E-state index in [4.69, 9.17) is 0 Å². The van der Waals surface area contributed by atoms with E-state index >= 15 is 0 Å². The van der Waals surface area contributed by atoms with Crippen LogP contribution >= 0.6 is 11.3 Å². The van der Waals surface area contributed by atoms with E-state index in [-0.39, 0.29) is 11.6 Å². The van der Waals surface area contributed by atoms with E-state index in [1.165, 1.54) is 29.5 Å². The molecule has 10 heteroatoms. The zero-order valence-corrected chi connectivity index (χ0v) is 19.7. The molecule has 174 valence electrons. The Bertz CT molecular complexity index is 1330. The number of amides is 2. The van der Waals surface area contributed by atoms with E-state index < -0.39 is 11.7 Å². The highest BCUT2D eigenvalue weighted by Gasteiger charge is 2.16. The van der Waals surface area contributed by atoms with Crippen LogP contribution in [0.3, 0.4) is 0 Å². The van der Waals surface area contributed by atoms with Gasteiger partial charge in [0, 0.05) is 17.9 Å². The van der Waals surface area contributed by atoms with Crippen molar-refractivity contribution in [3.63, 3.8) is 0 Å². The lowest BCUT2D eigenvalue weighted by Gasteiger charge is -2.13. The molecule has 2 aromatic heterocycles. The molecular weight excluding hydrogens is 455 g/mol. The van der Waals surface area contributed by atoms with Crippen molar-refractivity contribution >= 4 is 34.5 Å². The molecule has 2 aromatic carbocycles. The van der Waals surface area contributed by atoms with Crippen LogP contribution in [0.5, 0.6) is 0 Å². The van der Waals surface area contributed by atoms with Gasteiger partial charge in [-0.25, -0.2) is 14.1 Å². The summed E-state index contributed by atoms with van der Waals surface area (Å²) in [5, 5.41) is 9.45. The number of nitrogens with one attached hydrogen (secondary N) is 2. The molecule has 0 saturated carbocycles. The maximum Gasteiger partial charge on any atom is 0.265 e. The van der Waals surface area contributed by atoms with E-state index in [0.29, 0.717) is 15.4 Å². The number of thiophene rings is 1. The van der Waals surface area contributed by atoms with Crippen molar-refractivity contribution in [1.29, 1.82) is 0 Å². The molecule has 4 rings (SSSR count). The van der Waals surface area contributed by atoms with Crippen LogP contribution in [-0.2, 0) is 6.54 Å². The lowest BCUT2D eigenvalue weighted by atomic mass is 10.1. The molecule has 0 fully saturated rings. The summed E-state index contributed by atoms with van der Waals surface area (Å²) in [6.45, 7) is 2.75. The zero-order valence-electron chi connectivity index (χ0n) is 18.9. The number of aryl methyl sites for hydroxylation is 1. The summed E-state index contributed by atoms with van der Waals surface area (Å²) in [4.78, 5) is 31.9. The van der Waals surface area contributed by atoms with Crippen LogP contribution in [0.25, 0.3) is 5.69 Å². The van der Waals surface area contributed by atoms with Crippen LogP contribution in [-0.4, -0.2) is 45.6 Å². The van der Waals surface area contributed by atoms with E-state index in [2.05, 4.69) is 25.6 Å². The average molecular weight is 479 g/mol. The van der Waals surface area contributed by atoms with Crippen molar-refractivity contribution in [2.45, 2.75) is 13.5 Å². The Labute approximate surface area is 200 Å². The molecule has 0 aliphatic rings. The predicted molar refractivity (Wildman–Crippen MR) is 130 cm³/mol. The van der Waals surface area contributed by atoms with Gasteiger partial charge in [0.05, 0.1) is 9.75 Å². The van der Waals surface area contributed by atoms with Gasteiger partial charge in [-0.3, -0.25) is 9.59 Å². The normalized spacial score (nSPS) is 11.0. The summed E-state index contributed by atoms with van der Waals surface area (Å²) in [7, 11) is 4.00. The van der Waals surface area contributed by atoms with E-state index in [1.54, 1.807) is 18.2 Å². The standard InChI is InChI=1S/C24H23FN6O2S/c1-15-10-16(12-30(2)3)4-6-19(15)29-24(33)22-9-8-21(34-22)23(32)28-17-5-7-20(18(25)11-17)31-14-26-13-27-31/h4-11,13-14H,12H2,1-3H3,(H,28,32)(H,29,33). The quantitative estimate of drug-likeness (QED) is 0.412. The molecule has 0 saturated heterocycles. The van der Waals surface area contributed by atoms with Gasteiger partial charge >= 0.3 is 0 Å². The Balaban J connectivity index is 1.41. The van der Waals surface area contributed by atoms with Crippen molar-refractivity contribution in [3.05, 3.63) is 87.9 Å².